The van der Waals surface area contributed by atoms with Crippen molar-refractivity contribution >= 4 is 5.91 Å². The fraction of sp³-hybridized carbons (Fsp3) is 0.278. The summed E-state index contributed by atoms with van der Waals surface area (Å²) in [4.78, 5) is 16.7. The highest BCUT2D eigenvalue weighted by Gasteiger charge is 2.19. The lowest BCUT2D eigenvalue weighted by Gasteiger charge is -2.11. The molecule has 2 aromatic heterocycles. The molecule has 7 nitrogen and oxygen atoms in total. The van der Waals surface area contributed by atoms with Gasteiger partial charge in [-0.15, -0.1) is 0 Å². The first-order valence-electron chi connectivity index (χ1n) is 7.98. The Balaban J connectivity index is 1.64. The molecule has 3 aromatic rings. The van der Waals surface area contributed by atoms with Gasteiger partial charge < -0.3 is 14.5 Å². The molecule has 0 aliphatic rings. The number of carbonyl (C=O) groups is 1. The smallest absolute Gasteiger partial charge is 0.255 e. The summed E-state index contributed by atoms with van der Waals surface area (Å²) in [5, 5.41) is 9.68. The van der Waals surface area contributed by atoms with Crippen LogP contribution in [-0.4, -0.2) is 21.1 Å². The summed E-state index contributed by atoms with van der Waals surface area (Å²) in [6, 6.07) is 8.99. The first-order chi connectivity index (χ1) is 12.0. The topological polar surface area (TPSA) is 93.0 Å². The molecule has 0 aliphatic carbocycles. The maximum Gasteiger partial charge on any atom is 0.255 e. The fourth-order valence-corrected chi connectivity index (χ4v) is 2.33. The van der Waals surface area contributed by atoms with Gasteiger partial charge in [0.1, 0.15) is 18.2 Å². The molecule has 130 valence electrons. The van der Waals surface area contributed by atoms with Crippen molar-refractivity contribution in [3.05, 3.63) is 65.1 Å². The number of benzene rings is 1. The van der Waals surface area contributed by atoms with Gasteiger partial charge in [-0.05, 0) is 39.0 Å². The van der Waals surface area contributed by atoms with Gasteiger partial charge in [0.05, 0.1) is 17.9 Å². The number of aryl methyl sites for hydroxylation is 2. The number of hydrogen-bond donors (Lipinski definition) is 2. The van der Waals surface area contributed by atoms with E-state index >= 15 is 0 Å². The van der Waals surface area contributed by atoms with Gasteiger partial charge in [-0.3, -0.25) is 9.89 Å². The second-order valence-electron chi connectivity index (χ2n) is 5.83. The molecule has 1 aromatic carbocycles. The van der Waals surface area contributed by atoms with Crippen LogP contribution in [0.2, 0.25) is 0 Å². The van der Waals surface area contributed by atoms with Crippen molar-refractivity contribution < 1.29 is 13.9 Å². The minimum absolute atomic E-state index is 0.174. The predicted octanol–water partition coefficient (Wildman–Crippen LogP) is 3.08. The third kappa shape index (κ3) is 4.06. The largest absolute Gasteiger partial charge is 0.486 e. The van der Waals surface area contributed by atoms with Gasteiger partial charge in [0.2, 0.25) is 0 Å². The molecule has 1 atom stereocenters. The minimum Gasteiger partial charge on any atom is -0.486 e. The number of aromatic amines is 1. The summed E-state index contributed by atoms with van der Waals surface area (Å²) in [6.45, 7) is 5.81. The van der Waals surface area contributed by atoms with Crippen molar-refractivity contribution in [3.63, 3.8) is 0 Å². The summed E-state index contributed by atoms with van der Waals surface area (Å²) in [5.41, 5.74) is 1.59. The molecule has 2 N–H and O–H groups in total. The van der Waals surface area contributed by atoms with Crippen LogP contribution in [0.1, 0.15) is 46.3 Å². The Labute approximate surface area is 145 Å². The lowest BCUT2D eigenvalue weighted by Crippen LogP contribution is -2.28. The first-order valence-corrected chi connectivity index (χ1v) is 7.98. The van der Waals surface area contributed by atoms with E-state index in [-0.39, 0.29) is 18.6 Å². The molecular weight excluding hydrogens is 320 g/mol. The lowest BCUT2D eigenvalue weighted by molar-refractivity contribution is 0.0934. The van der Waals surface area contributed by atoms with Gasteiger partial charge in [-0.1, -0.05) is 17.7 Å². The van der Waals surface area contributed by atoms with E-state index in [4.69, 9.17) is 9.15 Å². The summed E-state index contributed by atoms with van der Waals surface area (Å²) in [5.74, 6) is 2.17. The maximum absolute atomic E-state index is 12.5. The zero-order chi connectivity index (χ0) is 17.8. The Morgan fingerprint density at radius 2 is 2.04 bits per heavy atom. The number of nitrogens with one attached hydrogen (secondary N) is 2. The molecule has 0 fully saturated rings. The first kappa shape index (κ1) is 16.8. The highest BCUT2D eigenvalue weighted by atomic mass is 16.5. The summed E-state index contributed by atoms with van der Waals surface area (Å²) in [7, 11) is 0. The summed E-state index contributed by atoms with van der Waals surface area (Å²) in [6.07, 6.45) is 1.48. The van der Waals surface area contributed by atoms with Crippen LogP contribution in [0.4, 0.5) is 0 Å². The molecule has 7 heteroatoms. The zero-order valence-electron chi connectivity index (χ0n) is 14.4. The van der Waals surface area contributed by atoms with Crippen molar-refractivity contribution in [3.8, 4) is 5.75 Å². The van der Waals surface area contributed by atoms with Gasteiger partial charge in [0.15, 0.2) is 11.6 Å². The van der Waals surface area contributed by atoms with Gasteiger partial charge in [-0.2, -0.15) is 5.10 Å². The van der Waals surface area contributed by atoms with E-state index < -0.39 is 0 Å². The van der Waals surface area contributed by atoms with E-state index in [2.05, 4.69) is 20.5 Å². The number of aromatic nitrogens is 3. The molecule has 0 unspecified atom stereocenters. The summed E-state index contributed by atoms with van der Waals surface area (Å²) < 4.78 is 11.1. The Hall–Kier alpha value is -3.09. The van der Waals surface area contributed by atoms with Crippen LogP contribution in [-0.2, 0) is 6.61 Å². The molecular formula is C18H20N4O3. The van der Waals surface area contributed by atoms with Crippen LogP contribution in [0.5, 0.6) is 5.75 Å². The highest BCUT2D eigenvalue weighted by Crippen LogP contribution is 2.17. The van der Waals surface area contributed by atoms with Crippen LogP contribution in [0.25, 0.3) is 0 Å². The van der Waals surface area contributed by atoms with E-state index in [0.717, 1.165) is 11.3 Å². The number of carbonyl (C=O) groups excluding carboxylic acids is 1. The third-order valence-electron chi connectivity index (χ3n) is 3.73. The molecule has 0 bridgehead atoms. The maximum atomic E-state index is 12.5. The predicted molar refractivity (Wildman–Crippen MR) is 91.2 cm³/mol. The van der Waals surface area contributed by atoms with E-state index in [9.17, 15) is 4.79 Å². The van der Waals surface area contributed by atoms with Crippen molar-refractivity contribution in [2.75, 3.05) is 0 Å². The van der Waals surface area contributed by atoms with Crippen LogP contribution < -0.4 is 10.1 Å². The third-order valence-corrected chi connectivity index (χ3v) is 3.73. The molecule has 0 saturated carbocycles. The van der Waals surface area contributed by atoms with E-state index in [0.29, 0.717) is 23.0 Å². The molecule has 3 rings (SSSR count). The lowest BCUT2D eigenvalue weighted by atomic mass is 10.2. The van der Waals surface area contributed by atoms with Crippen LogP contribution >= 0.6 is 0 Å². The van der Waals surface area contributed by atoms with Crippen LogP contribution in [0.15, 0.2) is 41.0 Å². The van der Waals surface area contributed by atoms with E-state index in [1.54, 1.807) is 6.07 Å². The Kier molecular flexibility index (Phi) is 4.83. The van der Waals surface area contributed by atoms with Crippen LogP contribution in [0.3, 0.4) is 0 Å². The Morgan fingerprint density at radius 1 is 1.28 bits per heavy atom. The van der Waals surface area contributed by atoms with Gasteiger partial charge in [0, 0.05) is 0 Å². The Bertz CT molecular complexity index is 851. The quantitative estimate of drug-likeness (QED) is 0.719. The average Bonchev–Trinajstić information content (AvgIpc) is 3.23. The minimum atomic E-state index is -0.321. The molecule has 0 saturated heterocycles. The molecule has 2 heterocycles. The van der Waals surface area contributed by atoms with Crippen LogP contribution in [0, 0.1) is 13.8 Å². The number of amides is 1. The number of nitrogens with zero attached hydrogens (tertiary/aromatic N) is 2. The molecule has 1 amide bonds. The van der Waals surface area contributed by atoms with Crippen molar-refractivity contribution in [1.82, 2.24) is 20.5 Å². The van der Waals surface area contributed by atoms with E-state index in [1.807, 2.05) is 45.0 Å². The highest BCUT2D eigenvalue weighted by molar-refractivity contribution is 5.95. The van der Waals surface area contributed by atoms with Gasteiger partial charge in [0.25, 0.3) is 5.91 Å². The number of furan rings is 1. The molecule has 0 spiro atoms. The van der Waals surface area contributed by atoms with Crippen molar-refractivity contribution in [2.45, 2.75) is 33.4 Å². The second kappa shape index (κ2) is 7.21. The van der Waals surface area contributed by atoms with Gasteiger partial charge in [-0.25, -0.2) is 4.98 Å². The molecule has 25 heavy (non-hydrogen) atoms. The normalized spacial score (nSPS) is 12.0. The average molecular weight is 340 g/mol. The van der Waals surface area contributed by atoms with Crippen molar-refractivity contribution in [1.29, 1.82) is 0 Å². The number of ether oxygens (including phenoxy) is 1. The Morgan fingerprint density at radius 3 is 2.72 bits per heavy atom. The SMILES string of the molecule is Cc1ccc(OCc2occc2C(=O)N[C@@H](C)c2n[nH]c(C)n2)cc1. The fourth-order valence-electron chi connectivity index (χ4n) is 2.33. The number of rotatable bonds is 6. The monoisotopic (exact) mass is 340 g/mol. The molecule has 0 radical (unpaired) electrons. The standard InChI is InChI=1S/C18H20N4O3/c1-11-4-6-14(7-5-11)25-10-16-15(8-9-24-16)18(23)19-12(2)17-20-13(3)21-22-17/h4-9,12H,10H2,1-3H3,(H,19,23)(H,20,21,22)/t12-/m0/s1. The molecule has 0 aliphatic heterocycles. The van der Waals surface area contributed by atoms with E-state index in [1.165, 1.54) is 6.26 Å². The zero-order valence-corrected chi connectivity index (χ0v) is 14.4. The van der Waals surface area contributed by atoms with Gasteiger partial charge >= 0.3 is 0 Å². The second-order valence-corrected chi connectivity index (χ2v) is 5.83. The number of hydrogen-bond acceptors (Lipinski definition) is 5. The van der Waals surface area contributed by atoms with Crippen molar-refractivity contribution in [2.24, 2.45) is 0 Å². The summed E-state index contributed by atoms with van der Waals surface area (Å²) >= 11 is 0. The number of H-pyrrole nitrogens is 1.